The van der Waals surface area contributed by atoms with Gasteiger partial charge in [0, 0.05) is 0 Å². The van der Waals surface area contributed by atoms with Gasteiger partial charge in [0.2, 0.25) is 9.84 Å². The summed E-state index contributed by atoms with van der Waals surface area (Å²) in [7, 11) is -3.93. The van der Waals surface area contributed by atoms with Crippen LogP contribution in [-0.2, 0) is 9.84 Å². The molecule has 0 spiro atoms. The standard InChI is InChI=1S/C17H20O4S/c1-9-6-11(3)16(19)17(13(9)5)22(20,21)15-8-14(18)7-10(2)12(15)4/h6-8,18-19H,1-5H3. The first-order valence-corrected chi connectivity index (χ1v) is 8.40. The van der Waals surface area contributed by atoms with Crippen molar-refractivity contribution < 1.29 is 18.6 Å². The molecule has 0 bridgehead atoms. The largest absolute Gasteiger partial charge is 0.508 e. The van der Waals surface area contributed by atoms with Gasteiger partial charge in [-0.05, 0) is 74.6 Å². The van der Waals surface area contributed by atoms with Crippen LogP contribution in [0.25, 0.3) is 0 Å². The maximum atomic E-state index is 13.0. The first-order valence-electron chi connectivity index (χ1n) is 6.92. The van der Waals surface area contributed by atoms with E-state index in [0.29, 0.717) is 22.3 Å². The summed E-state index contributed by atoms with van der Waals surface area (Å²) in [5, 5.41) is 20.0. The van der Waals surface area contributed by atoms with E-state index in [2.05, 4.69) is 0 Å². The highest BCUT2D eigenvalue weighted by Gasteiger charge is 2.28. The van der Waals surface area contributed by atoms with Gasteiger partial charge in [0.25, 0.3) is 0 Å². The summed E-state index contributed by atoms with van der Waals surface area (Å²) < 4.78 is 26.1. The Bertz CT molecular complexity index is 839. The van der Waals surface area contributed by atoms with Crippen molar-refractivity contribution in [3.8, 4) is 11.5 Å². The molecule has 0 heterocycles. The predicted molar refractivity (Wildman–Crippen MR) is 85.4 cm³/mol. The molecule has 0 aliphatic heterocycles. The van der Waals surface area contributed by atoms with Crippen LogP contribution in [0.1, 0.15) is 27.8 Å². The fourth-order valence-corrected chi connectivity index (χ4v) is 4.60. The fourth-order valence-electron chi connectivity index (χ4n) is 2.56. The van der Waals surface area contributed by atoms with Crippen molar-refractivity contribution in [3.05, 3.63) is 46.0 Å². The van der Waals surface area contributed by atoms with Gasteiger partial charge in [-0.25, -0.2) is 8.42 Å². The molecule has 5 heteroatoms. The van der Waals surface area contributed by atoms with Crippen molar-refractivity contribution in [1.82, 2.24) is 0 Å². The number of phenolic OH excluding ortho intramolecular Hbond substituents is 2. The zero-order valence-corrected chi connectivity index (χ0v) is 14.2. The summed E-state index contributed by atoms with van der Waals surface area (Å²) in [5.74, 6) is -0.341. The van der Waals surface area contributed by atoms with E-state index in [-0.39, 0.29) is 21.3 Å². The van der Waals surface area contributed by atoms with E-state index in [4.69, 9.17) is 0 Å². The first kappa shape index (κ1) is 16.4. The zero-order valence-electron chi connectivity index (χ0n) is 13.4. The molecule has 0 amide bonds. The van der Waals surface area contributed by atoms with E-state index < -0.39 is 9.84 Å². The summed E-state index contributed by atoms with van der Waals surface area (Å²) in [6.07, 6.45) is 0. The minimum atomic E-state index is -3.93. The highest BCUT2D eigenvalue weighted by Crippen LogP contribution is 2.38. The molecule has 2 aromatic rings. The lowest BCUT2D eigenvalue weighted by Gasteiger charge is -2.16. The highest BCUT2D eigenvalue weighted by atomic mass is 32.2. The van der Waals surface area contributed by atoms with Crippen LogP contribution >= 0.6 is 0 Å². The number of rotatable bonds is 2. The second-order valence-corrected chi connectivity index (χ2v) is 7.56. The number of phenols is 2. The van der Waals surface area contributed by atoms with Crippen LogP contribution in [0.3, 0.4) is 0 Å². The molecule has 0 fully saturated rings. The van der Waals surface area contributed by atoms with Crippen molar-refractivity contribution in [2.75, 3.05) is 0 Å². The molecule has 0 unspecified atom stereocenters. The summed E-state index contributed by atoms with van der Waals surface area (Å²) in [4.78, 5) is -0.0634. The lowest BCUT2D eigenvalue weighted by atomic mass is 10.1. The monoisotopic (exact) mass is 320 g/mol. The summed E-state index contributed by atoms with van der Waals surface area (Å²) in [5.41, 5.74) is 3.07. The Morgan fingerprint density at radius 3 is 1.91 bits per heavy atom. The molecular weight excluding hydrogens is 300 g/mol. The molecule has 118 valence electrons. The lowest BCUT2D eigenvalue weighted by molar-refractivity contribution is 0.452. The maximum absolute atomic E-state index is 13.0. The van der Waals surface area contributed by atoms with Gasteiger partial charge < -0.3 is 10.2 Å². The molecule has 0 saturated heterocycles. The Kier molecular flexibility index (Phi) is 3.96. The SMILES string of the molecule is Cc1cc(O)cc(S(=O)(=O)c2c(C)c(C)cc(C)c2O)c1C. The predicted octanol–water partition coefficient (Wildman–Crippen LogP) is 3.47. The molecule has 0 atom stereocenters. The smallest absolute Gasteiger partial charge is 0.210 e. The van der Waals surface area contributed by atoms with Crippen LogP contribution in [0, 0.1) is 34.6 Å². The summed E-state index contributed by atoms with van der Waals surface area (Å²) >= 11 is 0. The van der Waals surface area contributed by atoms with Crippen LogP contribution in [0.2, 0.25) is 0 Å². The molecule has 0 saturated carbocycles. The first-order chi connectivity index (χ1) is 10.1. The van der Waals surface area contributed by atoms with Crippen molar-refractivity contribution in [1.29, 1.82) is 0 Å². The molecule has 0 aromatic heterocycles. The van der Waals surface area contributed by atoms with E-state index >= 15 is 0 Å². The average molecular weight is 320 g/mol. The van der Waals surface area contributed by atoms with Crippen molar-refractivity contribution >= 4 is 9.84 Å². The highest BCUT2D eigenvalue weighted by molar-refractivity contribution is 7.91. The van der Waals surface area contributed by atoms with E-state index in [1.165, 1.54) is 12.1 Å². The summed E-state index contributed by atoms with van der Waals surface area (Å²) in [6, 6.07) is 4.50. The van der Waals surface area contributed by atoms with E-state index in [1.807, 2.05) is 0 Å². The molecule has 2 aromatic carbocycles. The number of hydrogen-bond donors (Lipinski definition) is 2. The number of aryl methyl sites for hydroxylation is 3. The number of sulfone groups is 1. The van der Waals surface area contributed by atoms with Gasteiger partial charge in [-0.1, -0.05) is 6.07 Å². The third kappa shape index (κ3) is 2.46. The Labute approximate surface area is 131 Å². The normalized spacial score (nSPS) is 11.7. The number of benzene rings is 2. The van der Waals surface area contributed by atoms with Crippen LogP contribution in [-0.4, -0.2) is 18.6 Å². The molecule has 2 rings (SSSR count). The summed E-state index contributed by atoms with van der Waals surface area (Å²) in [6.45, 7) is 8.58. The van der Waals surface area contributed by atoms with Crippen LogP contribution < -0.4 is 0 Å². The third-order valence-electron chi connectivity index (χ3n) is 4.12. The molecule has 0 aliphatic carbocycles. The fraction of sp³-hybridized carbons (Fsp3) is 0.294. The van der Waals surface area contributed by atoms with Gasteiger partial charge in [-0.3, -0.25) is 0 Å². The Hall–Kier alpha value is -2.01. The van der Waals surface area contributed by atoms with Crippen LogP contribution in [0.4, 0.5) is 0 Å². The van der Waals surface area contributed by atoms with E-state index in [9.17, 15) is 18.6 Å². The maximum Gasteiger partial charge on any atom is 0.210 e. The van der Waals surface area contributed by atoms with Gasteiger partial charge >= 0.3 is 0 Å². The van der Waals surface area contributed by atoms with Gasteiger partial charge in [0.1, 0.15) is 16.4 Å². The second kappa shape index (κ2) is 5.32. The molecule has 22 heavy (non-hydrogen) atoms. The second-order valence-electron chi connectivity index (χ2n) is 5.70. The van der Waals surface area contributed by atoms with E-state index in [0.717, 1.165) is 5.56 Å². The average Bonchev–Trinajstić information content (AvgIpc) is 2.40. The minimum Gasteiger partial charge on any atom is -0.508 e. The zero-order chi connectivity index (χ0) is 16.8. The van der Waals surface area contributed by atoms with Crippen molar-refractivity contribution in [3.63, 3.8) is 0 Å². The number of hydrogen-bond acceptors (Lipinski definition) is 4. The third-order valence-corrected chi connectivity index (χ3v) is 6.16. The van der Waals surface area contributed by atoms with E-state index in [1.54, 1.807) is 40.7 Å². The van der Waals surface area contributed by atoms with Gasteiger partial charge in [0.15, 0.2) is 0 Å². The molecule has 2 N–H and O–H groups in total. The Balaban J connectivity index is 2.89. The quantitative estimate of drug-likeness (QED) is 0.888. The number of aromatic hydroxyl groups is 2. The van der Waals surface area contributed by atoms with Gasteiger partial charge in [-0.15, -0.1) is 0 Å². The van der Waals surface area contributed by atoms with Gasteiger partial charge in [0.05, 0.1) is 4.90 Å². The Morgan fingerprint density at radius 1 is 0.773 bits per heavy atom. The Morgan fingerprint density at radius 2 is 1.32 bits per heavy atom. The minimum absolute atomic E-state index is 0.0217. The van der Waals surface area contributed by atoms with Crippen molar-refractivity contribution in [2.24, 2.45) is 0 Å². The molecular formula is C17H20O4S. The van der Waals surface area contributed by atoms with Crippen molar-refractivity contribution in [2.45, 2.75) is 44.4 Å². The van der Waals surface area contributed by atoms with Gasteiger partial charge in [-0.2, -0.15) is 0 Å². The molecule has 0 aliphatic rings. The molecule has 0 radical (unpaired) electrons. The lowest BCUT2D eigenvalue weighted by Crippen LogP contribution is -2.09. The topological polar surface area (TPSA) is 74.6 Å². The molecule has 4 nitrogen and oxygen atoms in total. The van der Waals surface area contributed by atoms with Crippen LogP contribution in [0.15, 0.2) is 28.0 Å². The van der Waals surface area contributed by atoms with Crippen LogP contribution in [0.5, 0.6) is 11.5 Å².